The number of phenols is 1. The molecule has 1 amide bonds. The van der Waals surface area contributed by atoms with Crippen LogP contribution in [0.1, 0.15) is 43.9 Å². The van der Waals surface area contributed by atoms with E-state index >= 15 is 0 Å². The van der Waals surface area contributed by atoms with E-state index in [2.05, 4.69) is 10.6 Å². The van der Waals surface area contributed by atoms with Gasteiger partial charge in [0.1, 0.15) is 22.8 Å². The molecule has 3 aliphatic rings. The van der Waals surface area contributed by atoms with Gasteiger partial charge in [0.15, 0.2) is 11.4 Å². The van der Waals surface area contributed by atoms with Gasteiger partial charge in [-0.1, -0.05) is 20.8 Å². The van der Waals surface area contributed by atoms with Crippen molar-refractivity contribution >= 4 is 28.9 Å². The molecular formula is C28H37N3O7. The molecule has 206 valence electrons. The quantitative estimate of drug-likeness (QED) is 0.240. The highest BCUT2D eigenvalue weighted by molar-refractivity contribution is 6.25. The molecule has 1 aromatic rings. The number of nitrogens with one attached hydrogen (secondary N) is 2. The van der Waals surface area contributed by atoms with Crippen LogP contribution < -0.4 is 10.6 Å². The van der Waals surface area contributed by atoms with Gasteiger partial charge in [-0.3, -0.25) is 19.3 Å². The minimum absolute atomic E-state index is 0.0952. The number of carbonyl (C=O) groups is 3. The lowest BCUT2D eigenvalue weighted by Gasteiger charge is -2.50. The fraction of sp³-hybridized carbons (Fsp3) is 0.536. The number of rotatable bonds is 6. The van der Waals surface area contributed by atoms with Crippen LogP contribution in [-0.4, -0.2) is 82.1 Å². The zero-order valence-electron chi connectivity index (χ0n) is 22.7. The molecule has 0 unspecified atom stereocenters. The normalized spacial score (nSPS) is 26.9. The lowest BCUT2D eigenvalue weighted by Crippen LogP contribution is -2.65. The average Bonchev–Trinajstić information content (AvgIpc) is 2.85. The van der Waals surface area contributed by atoms with E-state index in [9.17, 15) is 34.8 Å². The van der Waals surface area contributed by atoms with Crippen molar-refractivity contribution in [3.05, 3.63) is 39.7 Å². The van der Waals surface area contributed by atoms with E-state index in [0.717, 1.165) is 5.56 Å². The van der Waals surface area contributed by atoms with Crippen molar-refractivity contribution in [1.29, 1.82) is 0 Å². The Labute approximate surface area is 222 Å². The Morgan fingerprint density at radius 2 is 1.87 bits per heavy atom. The van der Waals surface area contributed by atoms with Gasteiger partial charge in [-0.05, 0) is 62.4 Å². The number of amides is 1. The number of ketones is 2. The van der Waals surface area contributed by atoms with Crippen LogP contribution in [0.5, 0.6) is 5.75 Å². The van der Waals surface area contributed by atoms with E-state index in [4.69, 9.17) is 0 Å². The summed E-state index contributed by atoms with van der Waals surface area (Å²) in [5, 5.41) is 51.0. The Balaban J connectivity index is 1.95. The summed E-state index contributed by atoms with van der Waals surface area (Å²) in [6.45, 7) is 6.59. The highest BCUT2D eigenvalue weighted by Gasteiger charge is 2.64. The maximum Gasteiger partial charge on any atom is 0.258 e. The molecule has 1 fully saturated rings. The van der Waals surface area contributed by atoms with Gasteiger partial charge in [0.2, 0.25) is 5.78 Å². The Bertz CT molecular complexity index is 1280. The van der Waals surface area contributed by atoms with Crippen molar-refractivity contribution < 1.29 is 34.8 Å². The summed E-state index contributed by atoms with van der Waals surface area (Å²) in [7, 11) is 4.49. The molecule has 10 nitrogen and oxygen atoms in total. The van der Waals surface area contributed by atoms with Gasteiger partial charge < -0.3 is 31.1 Å². The van der Waals surface area contributed by atoms with Crippen LogP contribution in [0.4, 0.5) is 5.69 Å². The maximum atomic E-state index is 14.0. The SMILES string of the molecule is CCc1cc(NCC(C)C)c(O)c2c1C[C@H]1C[C@H]3[C@H](N(C)C)C(=O)C(C(=O)NC)=C(O)[C@@]3(O)C(=O)C1=C2O. The van der Waals surface area contributed by atoms with Gasteiger partial charge in [0, 0.05) is 25.1 Å². The second-order valence-corrected chi connectivity index (χ2v) is 11.1. The largest absolute Gasteiger partial charge is 0.508 e. The van der Waals surface area contributed by atoms with Crippen molar-refractivity contribution in [2.75, 3.05) is 33.0 Å². The molecule has 0 bridgehead atoms. The number of fused-ring (bicyclic) bond motifs is 3. The first kappa shape index (κ1) is 27.7. The predicted octanol–water partition coefficient (Wildman–Crippen LogP) is 1.86. The van der Waals surface area contributed by atoms with E-state index in [1.807, 2.05) is 26.8 Å². The molecule has 10 heteroatoms. The summed E-state index contributed by atoms with van der Waals surface area (Å²) in [4.78, 5) is 41.5. The summed E-state index contributed by atoms with van der Waals surface area (Å²) in [5.41, 5.74) is -1.23. The van der Waals surface area contributed by atoms with Gasteiger partial charge >= 0.3 is 0 Å². The molecule has 38 heavy (non-hydrogen) atoms. The second kappa shape index (κ2) is 9.74. The molecule has 0 radical (unpaired) electrons. The van der Waals surface area contributed by atoms with E-state index in [0.29, 0.717) is 36.6 Å². The fourth-order valence-corrected chi connectivity index (χ4v) is 6.26. The maximum absolute atomic E-state index is 14.0. The van der Waals surface area contributed by atoms with Gasteiger partial charge in [-0.2, -0.15) is 0 Å². The summed E-state index contributed by atoms with van der Waals surface area (Å²) in [6, 6.07) is 0.797. The number of aliphatic hydroxyl groups is 3. The molecule has 1 saturated carbocycles. The third-order valence-corrected chi connectivity index (χ3v) is 8.10. The van der Waals surface area contributed by atoms with Crippen molar-refractivity contribution in [2.45, 2.75) is 51.7 Å². The molecule has 4 atom stereocenters. The van der Waals surface area contributed by atoms with Crippen molar-refractivity contribution in [1.82, 2.24) is 10.2 Å². The number of aromatic hydroxyl groups is 1. The summed E-state index contributed by atoms with van der Waals surface area (Å²) >= 11 is 0. The lowest BCUT2D eigenvalue weighted by atomic mass is 9.57. The Morgan fingerprint density at radius 3 is 2.42 bits per heavy atom. The number of aliphatic hydroxyl groups excluding tert-OH is 2. The van der Waals surface area contributed by atoms with E-state index < -0.39 is 58.0 Å². The van der Waals surface area contributed by atoms with Crippen LogP contribution >= 0.6 is 0 Å². The Hall–Kier alpha value is -3.37. The molecule has 0 spiro atoms. The molecule has 0 aliphatic heterocycles. The van der Waals surface area contributed by atoms with Crippen LogP contribution in [0.3, 0.4) is 0 Å². The van der Waals surface area contributed by atoms with Crippen molar-refractivity contribution in [3.8, 4) is 5.75 Å². The standard InChI is InChI=1S/C28H37N3O7/c1-7-13-10-17(30-11-12(2)3)22(32)19-15(13)8-14-9-16-21(31(5)6)24(34)20(27(37)29-4)26(36)28(16,38)25(35)18(14)23(19)33/h10,12,14,16,21,30,32-33,36,38H,7-9,11H2,1-6H3,(H,29,37)/t14-,16-,21-,28-/m0/s1. The number of hydrogen-bond donors (Lipinski definition) is 6. The third kappa shape index (κ3) is 3.89. The molecule has 0 saturated heterocycles. The number of carbonyl (C=O) groups excluding carboxylic acids is 3. The minimum Gasteiger partial charge on any atom is -0.508 e. The third-order valence-electron chi connectivity index (χ3n) is 8.10. The van der Waals surface area contributed by atoms with E-state index in [-0.39, 0.29) is 23.3 Å². The summed E-state index contributed by atoms with van der Waals surface area (Å²) in [6.07, 6.45) is 1.01. The van der Waals surface area contributed by atoms with E-state index in [1.54, 1.807) is 14.1 Å². The van der Waals surface area contributed by atoms with Crippen LogP contribution in [-0.2, 0) is 27.2 Å². The predicted molar refractivity (Wildman–Crippen MR) is 142 cm³/mol. The molecule has 6 N–H and O–H groups in total. The van der Waals surface area contributed by atoms with Crippen molar-refractivity contribution in [2.24, 2.45) is 17.8 Å². The first-order valence-electron chi connectivity index (χ1n) is 13.0. The average molecular weight is 528 g/mol. The zero-order chi connectivity index (χ0) is 28.3. The number of Topliss-reactive ketones (excluding diaryl/α,β-unsaturated/α-hetero) is 2. The number of aryl methyl sites for hydroxylation is 1. The van der Waals surface area contributed by atoms with Crippen LogP contribution in [0, 0.1) is 17.8 Å². The Morgan fingerprint density at radius 1 is 1.21 bits per heavy atom. The number of anilines is 1. The van der Waals surface area contributed by atoms with Crippen molar-refractivity contribution in [3.63, 3.8) is 0 Å². The molecule has 4 rings (SSSR count). The van der Waals surface area contributed by atoms with Gasteiger partial charge in [-0.25, -0.2) is 0 Å². The highest BCUT2D eigenvalue weighted by atomic mass is 16.3. The summed E-state index contributed by atoms with van der Waals surface area (Å²) < 4.78 is 0. The molecule has 0 aromatic heterocycles. The first-order chi connectivity index (χ1) is 17.8. The summed E-state index contributed by atoms with van der Waals surface area (Å²) in [5.74, 6) is -5.57. The number of likely N-dealkylation sites (N-methyl/N-ethyl adjacent to an activating group) is 2. The first-order valence-corrected chi connectivity index (χ1v) is 13.0. The molecule has 0 heterocycles. The monoisotopic (exact) mass is 527 g/mol. The topological polar surface area (TPSA) is 159 Å². The van der Waals surface area contributed by atoms with Gasteiger partial charge in [0.25, 0.3) is 5.91 Å². The van der Waals surface area contributed by atoms with Crippen LogP contribution in [0.25, 0.3) is 5.76 Å². The zero-order valence-corrected chi connectivity index (χ0v) is 22.7. The van der Waals surface area contributed by atoms with E-state index in [1.165, 1.54) is 11.9 Å². The number of benzene rings is 1. The molecule has 3 aliphatic carbocycles. The highest BCUT2D eigenvalue weighted by Crippen LogP contribution is 2.53. The number of nitrogens with zero attached hydrogens (tertiary/aromatic N) is 1. The van der Waals surface area contributed by atoms with Gasteiger partial charge in [-0.15, -0.1) is 0 Å². The van der Waals surface area contributed by atoms with Gasteiger partial charge in [0.05, 0.1) is 17.3 Å². The fourth-order valence-electron chi connectivity index (χ4n) is 6.26. The molecule has 1 aromatic carbocycles. The Kier molecular flexibility index (Phi) is 7.09. The second-order valence-electron chi connectivity index (χ2n) is 11.1. The lowest BCUT2D eigenvalue weighted by molar-refractivity contribution is -0.153. The molecular weight excluding hydrogens is 490 g/mol. The number of hydrogen-bond acceptors (Lipinski definition) is 9. The number of phenolic OH excluding ortho intramolecular Hbond substituents is 1. The minimum atomic E-state index is -2.60. The van der Waals surface area contributed by atoms with Crippen LogP contribution in [0.15, 0.2) is 23.0 Å². The van der Waals surface area contributed by atoms with Crippen LogP contribution in [0.2, 0.25) is 0 Å². The smallest absolute Gasteiger partial charge is 0.258 e.